The lowest BCUT2D eigenvalue weighted by atomic mass is 10.2. The molecule has 1 atom stereocenters. The van der Waals surface area contributed by atoms with E-state index in [9.17, 15) is 8.78 Å². The predicted octanol–water partition coefficient (Wildman–Crippen LogP) is 1.87. The minimum atomic E-state index is -2.37. The quantitative estimate of drug-likeness (QED) is 0.653. The molecule has 0 aliphatic rings. The average molecular weight is 176 g/mol. The third kappa shape index (κ3) is 3.63. The molecule has 1 unspecified atom stereocenters. The second-order valence-electron chi connectivity index (χ2n) is 2.99. The van der Waals surface area contributed by atoms with Crippen molar-refractivity contribution in [1.82, 2.24) is 4.90 Å². The van der Waals surface area contributed by atoms with Crippen molar-refractivity contribution in [3.05, 3.63) is 0 Å². The number of halogens is 2. The highest BCUT2D eigenvalue weighted by Gasteiger charge is 2.20. The lowest BCUT2D eigenvalue weighted by Crippen LogP contribution is -2.41. The summed E-state index contributed by atoms with van der Waals surface area (Å²) in [6, 6.07) is 1.48. The Labute approximate surface area is 71.8 Å². The third-order valence-electron chi connectivity index (χ3n) is 1.70. The molecule has 4 heteroatoms. The summed E-state index contributed by atoms with van der Waals surface area (Å²) in [5, 5.41) is 8.53. The molecule has 0 aromatic heterocycles. The van der Waals surface area contributed by atoms with Gasteiger partial charge >= 0.3 is 0 Å². The van der Waals surface area contributed by atoms with Crippen molar-refractivity contribution >= 4 is 0 Å². The summed E-state index contributed by atoms with van der Waals surface area (Å²) in [6.07, 6.45) is -2.37. The van der Waals surface area contributed by atoms with E-state index in [1.807, 2.05) is 6.07 Å². The van der Waals surface area contributed by atoms with Crippen LogP contribution in [0.4, 0.5) is 8.78 Å². The van der Waals surface area contributed by atoms with Gasteiger partial charge in [-0.3, -0.25) is 4.90 Å². The van der Waals surface area contributed by atoms with Crippen LogP contribution in [0.2, 0.25) is 0 Å². The summed E-state index contributed by atoms with van der Waals surface area (Å²) in [5.74, 6) is 0. The van der Waals surface area contributed by atoms with Crippen LogP contribution in [-0.4, -0.2) is 30.0 Å². The van der Waals surface area contributed by atoms with Gasteiger partial charge in [0.15, 0.2) is 0 Å². The van der Waals surface area contributed by atoms with E-state index < -0.39 is 12.5 Å². The molecule has 0 saturated heterocycles. The number of hydrogen-bond donors (Lipinski definition) is 0. The maximum absolute atomic E-state index is 12.0. The fraction of sp³-hybridized carbons (Fsp3) is 0.875. The summed E-state index contributed by atoms with van der Waals surface area (Å²) >= 11 is 0. The van der Waals surface area contributed by atoms with Gasteiger partial charge in [-0.15, -0.1) is 0 Å². The van der Waals surface area contributed by atoms with Crippen LogP contribution in [0.15, 0.2) is 0 Å². The Bertz CT molecular complexity index is 163. The summed E-state index contributed by atoms with van der Waals surface area (Å²) < 4.78 is 24.0. The number of nitrogens with zero attached hydrogens (tertiary/aromatic N) is 2. The van der Waals surface area contributed by atoms with Crippen molar-refractivity contribution in [2.24, 2.45) is 0 Å². The Morgan fingerprint density at radius 2 is 1.83 bits per heavy atom. The minimum absolute atomic E-state index is 0.0198. The van der Waals surface area contributed by atoms with Crippen molar-refractivity contribution in [2.45, 2.75) is 39.3 Å². The first-order valence-corrected chi connectivity index (χ1v) is 3.92. The molecule has 0 saturated carbocycles. The molecule has 12 heavy (non-hydrogen) atoms. The molecule has 0 fully saturated rings. The van der Waals surface area contributed by atoms with Crippen molar-refractivity contribution in [3.8, 4) is 6.07 Å². The van der Waals surface area contributed by atoms with Crippen LogP contribution in [0.25, 0.3) is 0 Å². The molecule has 0 rings (SSSR count). The summed E-state index contributed by atoms with van der Waals surface area (Å²) in [4.78, 5) is 1.48. The largest absolute Gasteiger partial charge is 0.280 e. The van der Waals surface area contributed by atoms with E-state index >= 15 is 0 Å². The highest BCUT2D eigenvalue weighted by molar-refractivity contribution is 4.89. The van der Waals surface area contributed by atoms with Crippen molar-refractivity contribution < 1.29 is 8.78 Å². The van der Waals surface area contributed by atoms with E-state index in [0.29, 0.717) is 0 Å². The fourth-order valence-electron chi connectivity index (χ4n) is 1.05. The number of rotatable bonds is 4. The van der Waals surface area contributed by atoms with Crippen molar-refractivity contribution in [1.29, 1.82) is 5.26 Å². The zero-order valence-corrected chi connectivity index (χ0v) is 7.59. The van der Waals surface area contributed by atoms with E-state index in [4.69, 9.17) is 5.26 Å². The van der Waals surface area contributed by atoms with Crippen molar-refractivity contribution in [2.75, 3.05) is 6.54 Å². The van der Waals surface area contributed by atoms with E-state index in [2.05, 4.69) is 0 Å². The molecule has 70 valence electrons. The zero-order chi connectivity index (χ0) is 9.72. The number of nitriles is 1. The standard InChI is InChI=1S/C8H14F2N2/c1-6(2)12(5-8(9)10)7(3)4-11/h6-8H,5H2,1-3H3. The Kier molecular flexibility index (Phi) is 4.75. The molecule has 0 spiro atoms. The molecule has 0 aromatic carbocycles. The zero-order valence-electron chi connectivity index (χ0n) is 7.59. The summed E-state index contributed by atoms with van der Waals surface area (Å²) in [7, 11) is 0. The second-order valence-corrected chi connectivity index (χ2v) is 2.99. The maximum atomic E-state index is 12.0. The maximum Gasteiger partial charge on any atom is 0.251 e. The molecule has 0 amide bonds. The normalized spacial score (nSPS) is 13.9. The first kappa shape index (κ1) is 11.3. The Morgan fingerprint density at radius 1 is 1.33 bits per heavy atom. The van der Waals surface area contributed by atoms with Gasteiger partial charge in [-0.25, -0.2) is 8.78 Å². The lowest BCUT2D eigenvalue weighted by molar-refractivity contribution is 0.0635. The molecule has 0 N–H and O–H groups in total. The molecule has 0 aliphatic carbocycles. The van der Waals surface area contributed by atoms with Crippen LogP contribution in [0.1, 0.15) is 20.8 Å². The molecular formula is C8H14F2N2. The second kappa shape index (κ2) is 5.04. The third-order valence-corrected chi connectivity index (χ3v) is 1.70. The number of hydrogen-bond acceptors (Lipinski definition) is 2. The highest BCUT2D eigenvalue weighted by Crippen LogP contribution is 2.07. The summed E-state index contributed by atoms with van der Waals surface area (Å²) in [5.41, 5.74) is 0. The monoisotopic (exact) mass is 176 g/mol. The van der Waals surface area contributed by atoms with Gasteiger partial charge in [-0.2, -0.15) is 5.26 Å². The smallest absolute Gasteiger partial charge is 0.251 e. The van der Waals surface area contributed by atoms with Crippen LogP contribution in [0, 0.1) is 11.3 Å². The SMILES string of the molecule is CC(C)N(CC(F)F)C(C)C#N. The van der Waals surface area contributed by atoms with E-state index in [0.717, 1.165) is 0 Å². The fourth-order valence-corrected chi connectivity index (χ4v) is 1.05. The van der Waals surface area contributed by atoms with Gasteiger partial charge in [0.1, 0.15) is 0 Å². The molecule has 0 heterocycles. The molecule has 0 radical (unpaired) electrons. The summed E-state index contributed by atoms with van der Waals surface area (Å²) in [6.45, 7) is 4.90. The molecule has 2 nitrogen and oxygen atoms in total. The van der Waals surface area contributed by atoms with Crippen molar-refractivity contribution in [3.63, 3.8) is 0 Å². The van der Waals surface area contributed by atoms with E-state index in [1.54, 1.807) is 20.8 Å². The Balaban J connectivity index is 4.15. The van der Waals surface area contributed by atoms with Crippen LogP contribution in [-0.2, 0) is 0 Å². The first-order valence-electron chi connectivity index (χ1n) is 3.92. The highest BCUT2D eigenvalue weighted by atomic mass is 19.3. The Hall–Kier alpha value is -0.690. The average Bonchev–Trinajstić information content (AvgIpc) is 1.98. The minimum Gasteiger partial charge on any atom is -0.280 e. The van der Waals surface area contributed by atoms with Crippen LogP contribution in [0.5, 0.6) is 0 Å². The molecule has 0 aliphatic heterocycles. The Morgan fingerprint density at radius 3 is 2.08 bits per heavy atom. The van der Waals surface area contributed by atoms with Crippen LogP contribution >= 0.6 is 0 Å². The van der Waals surface area contributed by atoms with Gasteiger partial charge in [-0.05, 0) is 20.8 Å². The van der Waals surface area contributed by atoms with E-state index in [1.165, 1.54) is 4.90 Å². The molecule has 0 aromatic rings. The van der Waals surface area contributed by atoms with Gasteiger partial charge in [-0.1, -0.05) is 0 Å². The van der Waals surface area contributed by atoms with Gasteiger partial charge in [0.2, 0.25) is 0 Å². The predicted molar refractivity (Wildman–Crippen MR) is 42.9 cm³/mol. The van der Waals surface area contributed by atoms with Gasteiger partial charge in [0.05, 0.1) is 18.7 Å². The van der Waals surface area contributed by atoms with Gasteiger partial charge < -0.3 is 0 Å². The first-order chi connectivity index (χ1) is 5.49. The van der Waals surface area contributed by atoms with Crippen LogP contribution < -0.4 is 0 Å². The van der Waals surface area contributed by atoms with Gasteiger partial charge in [0, 0.05) is 6.04 Å². The topological polar surface area (TPSA) is 27.0 Å². The van der Waals surface area contributed by atoms with Crippen LogP contribution in [0.3, 0.4) is 0 Å². The lowest BCUT2D eigenvalue weighted by Gasteiger charge is -2.27. The number of alkyl halides is 2. The molecular weight excluding hydrogens is 162 g/mol. The van der Waals surface area contributed by atoms with E-state index in [-0.39, 0.29) is 12.6 Å². The van der Waals surface area contributed by atoms with Gasteiger partial charge in [0.25, 0.3) is 6.43 Å². The molecule has 0 bridgehead atoms.